The van der Waals surface area contributed by atoms with Crippen molar-refractivity contribution in [2.75, 3.05) is 19.6 Å². The Bertz CT molecular complexity index is 859. The Morgan fingerprint density at radius 2 is 1.86 bits per heavy atom. The predicted molar refractivity (Wildman–Crippen MR) is 111 cm³/mol. The maximum absolute atomic E-state index is 13.3. The van der Waals surface area contributed by atoms with Crippen LogP contribution in [0.5, 0.6) is 0 Å². The highest BCUT2D eigenvalue weighted by molar-refractivity contribution is 5.85. The predicted octanol–water partition coefficient (Wildman–Crippen LogP) is 4.05. The van der Waals surface area contributed by atoms with Crippen molar-refractivity contribution in [3.8, 4) is 0 Å². The largest absolute Gasteiger partial charge is 0.361 e. The molecular weight excluding hydrogens is 362 g/mol. The van der Waals surface area contributed by atoms with E-state index in [0.29, 0.717) is 11.9 Å². The molecule has 3 fully saturated rings. The molecule has 2 aromatic rings. The Morgan fingerprint density at radius 1 is 1.14 bits per heavy atom. The molecule has 0 unspecified atom stereocenters. The quantitative estimate of drug-likeness (QED) is 0.786. The van der Waals surface area contributed by atoms with E-state index in [2.05, 4.69) is 39.2 Å². The number of benzene rings is 1. The average Bonchev–Trinajstić information content (AvgIpc) is 3.54. The number of nitrogens with zero attached hydrogens (tertiary/aromatic N) is 3. The summed E-state index contributed by atoms with van der Waals surface area (Å²) < 4.78 is 5.35. The van der Waals surface area contributed by atoms with Gasteiger partial charge >= 0.3 is 0 Å². The fourth-order valence-corrected chi connectivity index (χ4v) is 5.36. The number of carbonyl (C=O) groups is 1. The third-order valence-corrected chi connectivity index (χ3v) is 7.39. The van der Waals surface area contributed by atoms with Crippen LogP contribution in [-0.4, -0.2) is 46.5 Å². The van der Waals surface area contributed by atoms with Gasteiger partial charge < -0.3 is 9.42 Å². The molecular formula is C24H31N3O2. The topological polar surface area (TPSA) is 49.6 Å². The summed E-state index contributed by atoms with van der Waals surface area (Å²) >= 11 is 0. The average molecular weight is 394 g/mol. The minimum Gasteiger partial charge on any atom is -0.361 e. The van der Waals surface area contributed by atoms with Crippen LogP contribution >= 0.6 is 0 Å². The second-order valence-electron chi connectivity index (χ2n) is 9.44. The summed E-state index contributed by atoms with van der Waals surface area (Å²) in [5.41, 5.74) is 3.70. The van der Waals surface area contributed by atoms with E-state index >= 15 is 0 Å². The molecule has 5 heteroatoms. The van der Waals surface area contributed by atoms with E-state index in [-0.39, 0.29) is 11.3 Å². The Kier molecular flexibility index (Phi) is 4.73. The standard InChI is InChI=1S/C24H31N3O2/c1-17-22(18(2)29-25-17)15-26-12-10-24(11-13-26)14-21(19-6-4-3-5-7-19)23(28)27(16-24)20-8-9-20/h3-7,20-21H,8-16H2,1-2H3/t21-/m0/s1. The number of amides is 1. The van der Waals surface area contributed by atoms with Gasteiger partial charge in [-0.1, -0.05) is 35.5 Å². The van der Waals surface area contributed by atoms with E-state index in [0.717, 1.165) is 56.9 Å². The van der Waals surface area contributed by atoms with Crippen molar-refractivity contribution in [1.29, 1.82) is 0 Å². The van der Waals surface area contributed by atoms with E-state index in [1.807, 2.05) is 19.9 Å². The third-order valence-electron chi connectivity index (χ3n) is 7.39. The molecule has 3 aliphatic rings. The van der Waals surface area contributed by atoms with Gasteiger partial charge in [0.15, 0.2) is 0 Å². The zero-order valence-corrected chi connectivity index (χ0v) is 17.6. The highest BCUT2D eigenvalue weighted by atomic mass is 16.5. The van der Waals surface area contributed by atoms with E-state index in [9.17, 15) is 4.79 Å². The first-order valence-corrected chi connectivity index (χ1v) is 11.0. The molecule has 1 saturated carbocycles. The number of piperidine rings is 2. The summed E-state index contributed by atoms with van der Waals surface area (Å²) in [6.07, 6.45) is 5.69. The molecule has 0 N–H and O–H groups in total. The van der Waals surface area contributed by atoms with Crippen LogP contribution in [0.1, 0.15) is 60.6 Å². The van der Waals surface area contributed by atoms with Crippen molar-refractivity contribution in [3.63, 3.8) is 0 Å². The van der Waals surface area contributed by atoms with Crippen molar-refractivity contribution in [3.05, 3.63) is 52.9 Å². The minimum absolute atomic E-state index is 0.0275. The Hall–Kier alpha value is -2.14. The maximum atomic E-state index is 13.3. The summed E-state index contributed by atoms with van der Waals surface area (Å²) in [4.78, 5) is 18.1. The van der Waals surface area contributed by atoms with Gasteiger partial charge in [0.2, 0.25) is 5.91 Å². The third kappa shape index (κ3) is 3.61. The molecule has 5 nitrogen and oxygen atoms in total. The summed E-state index contributed by atoms with van der Waals surface area (Å²) in [6, 6.07) is 10.9. The number of hydrogen-bond acceptors (Lipinski definition) is 4. The highest BCUT2D eigenvalue weighted by Crippen LogP contribution is 2.48. The molecule has 1 spiro atoms. The molecule has 1 atom stereocenters. The van der Waals surface area contributed by atoms with E-state index in [1.165, 1.54) is 24.0 Å². The first kappa shape index (κ1) is 18.9. The van der Waals surface area contributed by atoms with E-state index in [1.54, 1.807) is 0 Å². The van der Waals surface area contributed by atoms with Gasteiger partial charge in [0.05, 0.1) is 11.6 Å². The van der Waals surface area contributed by atoms with Crippen molar-refractivity contribution in [2.24, 2.45) is 5.41 Å². The van der Waals surface area contributed by atoms with Gasteiger partial charge in [-0.2, -0.15) is 0 Å². The summed E-state index contributed by atoms with van der Waals surface area (Å²) in [7, 11) is 0. The van der Waals surface area contributed by atoms with E-state index in [4.69, 9.17) is 4.52 Å². The maximum Gasteiger partial charge on any atom is 0.230 e. The minimum atomic E-state index is 0.0275. The molecule has 0 bridgehead atoms. The number of likely N-dealkylation sites (tertiary alicyclic amines) is 2. The van der Waals surface area contributed by atoms with Gasteiger partial charge in [-0.15, -0.1) is 0 Å². The SMILES string of the molecule is Cc1noc(C)c1CN1CCC2(CC1)C[C@@H](c1ccccc1)C(=O)N(C1CC1)C2. The first-order valence-electron chi connectivity index (χ1n) is 11.0. The lowest BCUT2D eigenvalue weighted by molar-refractivity contribution is -0.142. The van der Waals surface area contributed by atoms with Gasteiger partial charge in [-0.25, -0.2) is 0 Å². The second kappa shape index (κ2) is 7.28. The molecule has 1 aromatic heterocycles. The van der Waals surface area contributed by atoms with E-state index < -0.39 is 0 Å². The molecule has 0 radical (unpaired) electrons. The van der Waals surface area contributed by atoms with Crippen LogP contribution in [0.4, 0.5) is 0 Å². The molecule has 3 heterocycles. The fraction of sp³-hybridized carbons (Fsp3) is 0.583. The number of aryl methyl sites for hydroxylation is 2. The summed E-state index contributed by atoms with van der Waals surface area (Å²) in [5.74, 6) is 1.33. The van der Waals surface area contributed by atoms with Gasteiger partial charge in [-0.3, -0.25) is 9.69 Å². The van der Waals surface area contributed by atoms with Crippen LogP contribution in [0.15, 0.2) is 34.9 Å². The zero-order chi connectivity index (χ0) is 20.0. The van der Waals surface area contributed by atoms with Crippen LogP contribution in [0.25, 0.3) is 0 Å². The number of aromatic nitrogens is 1. The molecule has 29 heavy (non-hydrogen) atoms. The lowest BCUT2D eigenvalue weighted by Gasteiger charge is -2.50. The first-order chi connectivity index (χ1) is 14.0. The molecule has 154 valence electrons. The summed E-state index contributed by atoms with van der Waals surface area (Å²) in [6.45, 7) is 8.08. The van der Waals surface area contributed by atoms with Crippen molar-refractivity contribution in [2.45, 2.75) is 64.5 Å². The summed E-state index contributed by atoms with van der Waals surface area (Å²) in [5, 5.41) is 4.11. The Morgan fingerprint density at radius 3 is 2.48 bits per heavy atom. The van der Waals surface area contributed by atoms with Crippen LogP contribution in [0.3, 0.4) is 0 Å². The van der Waals surface area contributed by atoms with Crippen molar-refractivity contribution < 1.29 is 9.32 Å². The van der Waals surface area contributed by atoms with Gasteiger partial charge in [0.25, 0.3) is 0 Å². The van der Waals surface area contributed by atoms with Crippen LogP contribution in [0.2, 0.25) is 0 Å². The molecule has 2 aliphatic heterocycles. The van der Waals surface area contributed by atoms with Crippen molar-refractivity contribution in [1.82, 2.24) is 15.0 Å². The monoisotopic (exact) mass is 393 g/mol. The fourth-order valence-electron chi connectivity index (χ4n) is 5.36. The second-order valence-corrected chi connectivity index (χ2v) is 9.44. The smallest absolute Gasteiger partial charge is 0.230 e. The lowest BCUT2D eigenvalue weighted by atomic mass is 9.67. The Balaban J connectivity index is 1.33. The van der Waals surface area contributed by atoms with Gasteiger partial charge in [0.1, 0.15) is 5.76 Å². The Labute approximate surface area is 173 Å². The van der Waals surface area contributed by atoms with Crippen LogP contribution in [-0.2, 0) is 11.3 Å². The highest BCUT2D eigenvalue weighted by Gasteiger charge is 2.49. The molecule has 5 rings (SSSR count). The number of carbonyl (C=O) groups excluding carboxylic acids is 1. The van der Waals surface area contributed by atoms with Crippen LogP contribution in [0, 0.1) is 19.3 Å². The van der Waals surface area contributed by atoms with Gasteiger partial charge in [-0.05, 0) is 70.0 Å². The molecule has 1 amide bonds. The van der Waals surface area contributed by atoms with Gasteiger partial charge in [0, 0.05) is 24.7 Å². The lowest BCUT2D eigenvalue weighted by Crippen LogP contribution is -2.54. The molecule has 1 aromatic carbocycles. The molecule has 1 aliphatic carbocycles. The van der Waals surface area contributed by atoms with Crippen molar-refractivity contribution >= 4 is 5.91 Å². The molecule has 2 saturated heterocycles. The van der Waals surface area contributed by atoms with Crippen LogP contribution < -0.4 is 0 Å². The zero-order valence-electron chi connectivity index (χ0n) is 17.6. The number of rotatable bonds is 4. The number of hydrogen-bond donors (Lipinski definition) is 0. The normalized spacial score (nSPS) is 25.0.